The highest BCUT2D eigenvalue weighted by molar-refractivity contribution is 5.82. The Morgan fingerprint density at radius 1 is 1.23 bits per heavy atom. The predicted molar refractivity (Wildman–Crippen MR) is 87.5 cm³/mol. The molecule has 1 aliphatic carbocycles. The molecule has 0 spiro atoms. The number of H-pyrrole nitrogens is 1. The number of hydrogen-bond acceptors (Lipinski definition) is 4. The van der Waals surface area contributed by atoms with E-state index in [0.29, 0.717) is 23.2 Å². The topological polar surface area (TPSA) is 76.9 Å². The quantitative estimate of drug-likeness (QED) is 0.842. The average molecular weight is 293 g/mol. The van der Waals surface area contributed by atoms with Crippen molar-refractivity contribution in [1.82, 2.24) is 10.2 Å². The van der Waals surface area contributed by atoms with E-state index in [-0.39, 0.29) is 0 Å². The molecule has 0 atom stereocenters. The summed E-state index contributed by atoms with van der Waals surface area (Å²) in [6.45, 7) is 0. The summed E-state index contributed by atoms with van der Waals surface area (Å²) in [4.78, 5) is 4.36. The minimum Gasteiger partial charge on any atom is -0.365 e. The molecular formula is C17H19N5. The van der Waals surface area contributed by atoms with Crippen LogP contribution < -0.4 is 5.32 Å². The van der Waals surface area contributed by atoms with Gasteiger partial charge in [0, 0.05) is 12.3 Å². The van der Waals surface area contributed by atoms with Gasteiger partial charge < -0.3 is 5.32 Å². The lowest BCUT2D eigenvalue weighted by atomic mass is 9.95. The molecular weight excluding hydrogens is 274 g/mol. The summed E-state index contributed by atoms with van der Waals surface area (Å²) in [5.74, 6) is 1.12. The Morgan fingerprint density at radius 3 is 2.73 bits per heavy atom. The van der Waals surface area contributed by atoms with Crippen LogP contribution in [0.5, 0.6) is 0 Å². The Labute approximate surface area is 130 Å². The molecule has 1 aromatic heterocycles. The van der Waals surface area contributed by atoms with Crippen molar-refractivity contribution < 1.29 is 0 Å². The summed E-state index contributed by atoms with van der Waals surface area (Å²) < 4.78 is 0. The summed E-state index contributed by atoms with van der Waals surface area (Å²) in [5.41, 5.74) is 1.47. The third kappa shape index (κ3) is 3.34. The van der Waals surface area contributed by atoms with Gasteiger partial charge in [0.05, 0.1) is 0 Å². The molecule has 0 unspecified atom stereocenters. The van der Waals surface area contributed by atoms with Gasteiger partial charge in [0.1, 0.15) is 11.6 Å². The highest BCUT2D eigenvalue weighted by Crippen LogP contribution is 2.26. The zero-order chi connectivity index (χ0) is 15.2. The maximum atomic E-state index is 9.39. The molecule has 0 radical (unpaired) electrons. The van der Waals surface area contributed by atoms with E-state index in [4.69, 9.17) is 0 Å². The van der Waals surface area contributed by atoms with E-state index in [0.717, 1.165) is 18.4 Å². The fourth-order valence-electron chi connectivity index (χ4n) is 2.76. The van der Waals surface area contributed by atoms with Crippen molar-refractivity contribution in [3.8, 4) is 6.07 Å². The smallest absolute Gasteiger partial charge is 0.168 e. The first-order chi connectivity index (χ1) is 10.9. The van der Waals surface area contributed by atoms with E-state index in [1.807, 2.05) is 30.3 Å². The van der Waals surface area contributed by atoms with Gasteiger partial charge in [-0.1, -0.05) is 49.6 Å². The van der Waals surface area contributed by atoms with Crippen molar-refractivity contribution in [3.05, 3.63) is 41.5 Å². The summed E-state index contributed by atoms with van der Waals surface area (Å²) >= 11 is 0. The lowest BCUT2D eigenvalue weighted by Gasteiger charge is -2.22. The molecule has 0 amide bonds. The van der Waals surface area contributed by atoms with E-state index in [1.165, 1.54) is 19.3 Å². The van der Waals surface area contributed by atoms with Gasteiger partial charge in [0.25, 0.3) is 0 Å². The number of nitrogens with one attached hydrogen (secondary N) is 2. The van der Waals surface area contributed by atoms with Gasteiger partial charge in [-0.3, -0.25) is 5.10 Å². The summed E-state index contributed by atoms with van der Waals surface area (Å²) in [5, 5.41) is 19.8. The second kappa shape index (κ2) is 6.90. The maximum absolute atomic E-state index is 9.39. The fourth-order valence-corrected chi connectivity index (χ4v) is 2.76. The predicted octanol–water partition coefficient (Wildman–Crippen LogP) is 3.78. The molecule has 2 N–H and O–H groups in total. The van der Waals surface area contributed by atoms with E-state index in [1.54, 1.807) is 6.21 Å². The normalized spacial score (nSPS) is 15.8. The first-order valence-corrected chi connectivity index (χ1v) is 7.71. The molecule has 1 heterocycles. The van der Waals surface area contributed by atoms with Crippen molar-refractivity contribution in [1.29, 1.82) is 5.26 Å². The number of aliphatic imine (C=N–C) groups is 1. The zero-order valence-corrected chi connectivity index (χ0v) is 12.4. The lowest BCUT2D eigenvalue weighted by Crippen LogP contribution is -2.22. The lowest BCUT2D eigenvalue weighted by molar-refractivity contribution is 0.462. The van der Waals surface area contributed by atoms with Crippen LogP contribution in [0.25, 0.3) is 0 Å². The molecule has 22 heavy (non-hydrogen) atoms. The Morgan fingerprint density at radius 2 is 2.00 bits per heavy atom. The van der Waals surface area contributed by atoms with Crippen LogP contribution in [0.1, 0.15) is 43.2 Å². The number of nitriles is 1. The number of hydrogen-bond donors (Lipinski definition) is 2. The van der Waals surface area contributed by atoms with Gasteiger partial charge in [0.2, 0.25) is 0 Å². The molecule has 1 aliphatic rings. The van der Waals surface area contributed by atoms with Crippen LogP contribution in [0.4, 0.5) is 11.6 Å². The summed E-state index contributed by atoms with van der Waals surface area (Å²) in [6.07, 6.45) is 7.79. The average Bonchev–Trinajstić information content (AvgIpc) is 2.96. The summed E-state index contributed by atoms with van der Waals surface area (Å²) in [6, 6.07) is 12.4. The number of benzene rings is 1. The molecule has 5 heteroatoms. The van der Waals surface area contributed by atoms with Crippen molar-refractivity contribution in [3.63, 3.8) is 0 Å². The molecule has 3 rings (SSSR count). The van der Waals surface area contributed by atoms with E-state index in [2.05, 4.69) is 26.6 Å². The molecule has 0 bridgehead atoms. The molecule has 0 saturated heterocycles. The number of rotatable bonds is 4. The second-order valence-corrected chi connectivity index (χ2v) is 5.56. The minimum absolute atomic E-state index is 0.412. The van der Waals surface area contributed by atoms with E-state index in [9.17, 15) is 5.26 Å². The van der Waals surface area contributed by atoms with Gasteiger partial charge >= 0.3 is 0 Å². The van der Waals surface area contributed by atoms with E-state index >= 15 is 0 Å². The third-order valence-electron chi connectivity index (χ3n) is 3.95. The van der Waals surface area contributed by atoms with Crippen LogP contribution >= 0.6 is 0 Å². The Hall–Kier alpha value is -2.61. The van der Waals surface area contributed by atoms with Crippen LogP contribution in [0.3, 0.4) is 0 Å². The molecule has 0 aliphatic heterocycles. The molecule has 1 aromatic carbocycles. The second-order valence-electron chi connectivity index (χ2n) is 5.56. The number of aromatic amines is 1. The van der Waals surface area contributed by atoms with Crippen LogP contribution in [0.2, 0.25) is 0 Å². The highest BCUT2D eigenvalue weighted by Gasteiger charge is 2.18. The van der Waals surface area contributed by atoms with Crippen LogP contribution in [0.15, 0.2) is 35.3 Å². The van der Waals surface area contributed by atoms with Crippen LogP contribution in [-0.2, 0) is 0 Å². The molecule has 2 aromatic rings. The first-order valence-electron chi connectivity index (χ1n) is 7.71. The van der Waals surface area contributed by atoms with Gasteiger partial charge in [-0.05, 0) is 18.4 Å². The standard InChI is InChI=1S/C17H19N5/c18-11-15-16(19-12-13-7-3-1-4-8-13)21-22-17(15)20-14-9-5-2-6-10-14/h1,3-4,7-8,12,14H,2,5-6,9-10H2,(H2,20,21,22). The number of anilines is 1. The molecule has 5 nitrogen and oxygen atoms in total. The van der Waals surface area contributed by atoms with Crippen LogP contribution in [-0.4, -0.2) is 22.5 Å². The maximum Gasteiger partial charge on any atom is 0.168 e. The Kier molecular flexibility index (Phi) is 4.50. The molecule has 112 valence electrons. The third-order valence-corrected chi connectivity index (χ3v) is 3.95. The number of nitrogens with zero attached hydrogens (tertiary/aromatic N) is 3. The minimum atomic E-state index is 0.412. The van der Waals surface area contributed by atoms with Gasteiger partial charge in [-0.2, -0.15) is 10.4 Å². The number of aromatic nitrogens is 2. The fraction of sp³-hybridized carbons (Fsp3) is 0.353. The van der Waals surface area contributed by atoms with Crippen molar-refractivity contribution >= 4 is 17.9 Å². The van der Waals surface area contributed by atoms with Crippen LogP contribution in [0, 0.1) is 11.3 Å². The Bertz CT molecular complexity index is 675. The van der Waals surface area contributed by atoms with Crippen molar-refractivity contribution in [2.24, 2.45) is 4.99 Å². The monoisotopic (exact) mass is 293 g/mol. The van der Waals surface area contributed by atoms with Crippen molar-refractivity contribution in [2.45, 2.75) is 38.1 Å². The molecule has 1 fully saturated rings. The largest absolute Gasteiger partial charge is 0.365 e. The van der Waals surface area contributed by atoms with Gasteiger partial charge in [-0.15, -0.1) is 0 Å². The highest BCUT2D eigenvalue weighted by atomic mass is 15.2. The Balaban J connectivity index is 1.75. The first kappa shape index (κ1) is 14.3. The SMILES string of the molecule is N#Cc1c(NC2CCCCC2)n[nH]c1N=Cc1ccccc1. The zero-order valence-electron chi connectivity index (χ0n) is 12.4. The van der Waals surface area contributed by atoms with E-state index < -0.39 is 0 Å². The van der Waals surface area contributed by atoms with Crippen molar-refractivity contribution in [2.75, 3.05) is 5.32 Å². The summed E-state index contributed by atoms with van der Waals surface area (Å²) in [7, 11) is 0. The van der Waals surface area contributed by atoms with Gasteiger partial charge in [0.15, 0.2) is 11.6 Å². The van der Waals surface area contributed by atoms with Gasteiger partial charge in [-0.25, -0.2) is 4.99 Å². The molecule has 1 saturated carbocycles.